The van der Waals surface area contributed by atoms with Crippen LogP contribution in [0.1, 0.15) is 279 Å². The maximum atomic E-state index is 15.0. The Kier molecular flexibility index (Phi) is 52.5. The van der Waals surface area contributed by atoms with Crippen LogP contribution in [0.5, 0.6) is 0 Å². The summed E-state index contributed by atoms with van der Waals surface area (Å²) in [5.41, 5.74) is 30.5. The largest absolute Gasteiger partial charge is 0.481 e. The summed E-state index contributed by atoms with van der Waals surface area (Å²) < 4.78 is 0. The summed E-state index contributed by atoms with van der Waals surface area (Å²) in [7, 11) is 1.37. The number of carbonyl (C=O) groups is 12. The van der Waals surface area contributed by atoms with Crippen molar-refractivity contribution < 1.29 is 67.7 Å². The van der Waals surface area contributed by atoms with Crippen LogP contribution in [0.15, 0.2) is 70.8 Å². The molecule has 0 saturated carbocycles. The minimum atomic E-state index is -1.19. The summed E-state index contributed by atoms with van der Waals surface area (Å²) in [5.74, 6) is -10.0. The van der Waals surface area contributed by atoms with Gasteiger partial charge in [-0.15, -0.1) is 0 Å². The molecule has 0 fully saturated rings. The zero-order valence-corrected chi connectivity index (χ0v) is 71.0. The number of nitrogens with two attached hydrogens (primary N) is 5. The molecular formula is C88H145N13O14. The van der Waals surface area contributed by atoms with Gasteiger partial charge in [0.25, 0.3) is 0 Å². The number of amides is 5. The molecule has 0 unspecified atom stereocenters. The van der Waals surface area contributed by atoms with Crippen molar-refractivity contribution in [2.24, 2.45) is 86.0 Å². The Morgan fingerprint density at radius 3 is 1.50 bits per heavy atom. The minimum Gasteiger partial charge on any atom is -0.481 e. The molecule has 0 radical (unpaired) electrons. The lowest BCUT2D eigenvalue weighted by Crippen LogP contribution is -2.49. The number of unbranched alkanes of at least 4 members (excludes halogenated alkanes) is 14. The molecule has 27 nitrogen and oxygen atoms in total. The number of rotatable bonds is 64. The molecule has 2 aromatic carbocycles. The van der Waals surface area contributed by atoms with E-state index < -0.39 is 113 Å². The van der Waals surface area contributed by atoms with E-state index in [1.807, 2.05) is 96.1 Å². The van der Waals surface area contributed by atoms with Crippen LogP contribution in [-0.2, 0) is 70.4 Å². The molecule has 27 heteroatoms. The number of aliphatic carboxylic acids is 1. The van der Waals surface area contributed by atoms with Crippen molar-refractivity contribution in [2.45, 2.75) is 311 Å². The molecule has 3 aromatic rings. The minimum absolute atomic E-state index is 0.0299. The third-order valence-electron chi connectivity index (χ3n) is 21.6. The Morgan fingerprint density at radius 2 is 0.974 bits per heavy atom. The Hall–Kier alpha value is -8.72. The van der Waals surface area contributed by atoms with E-state index in [4.69, 9.17) is 33.8 Å². The van der Waals surface area contributed by atoms with Gasteiger partial charge in [-0.3, -0.25) is 67.5 Å². The van der Waals surface area contributed by atoms with Crippen molar-refractivity contribution in [3.63, 3.8) is 0 Å². The summed E-state index contributed by atoms with van der Waals surface area (Å²) in [6, 6.07) is 12.6. The number of nitrogens with zero attached hydrogens (tertiary/aromatic N) is 2. The summed E-state index contributed by atoms with van der Waals surface area (Å²) >= 11 is 0. The second-order valence-electron chi connectivity index (χ2n) is 32.0. The number of carboxylic acid groups (broad SMARTS) is 1. The predicted molar refractivity (Wildman–Crippen MR) is 455 cm³/mol. The first-order chi connectivity index (χ1) is 54.8. The van der Waals surface area contributed by atoms with Gasteiger partial charge in [-0.1, -0.05) is 200 Å². The van der Waals surface area contributed by atoms with Crippen molar-refractivity contribution in [3.05, 3.63) is 71.9 Å². The molecule has 115 heavy (non-hydrogen) atoms. The third-order valence-corrected chi connectivity index (χ3v) is 21.6. The van der Waals surface area contributed by atoms with Gasteiger partial charge < -0.3 is 70.4 Å². The number of carbonyl (C=O) groups excluding carboxylic acids is 11. The number of fused-ring (bicyclic) bond motifs is 1. The molecular weight excluding hydrogens is 1460 g/mol. The highest BCUT2D eigenvalue weighted by atomic mass is 16.4. The standard InChI is InChI=1S/C62H97N11O8.C26H48N2O6/c1-8-10-23-44(58(79)72-52(32-43-21-12-11-13-22-43)57(78)37-49(42(7)74)40(5)9-2)35-56(77)53(33-47-38-70-50-26-15-14-25-48(47)50)73-59(80)45(24-16-17-28-63)34-55(76)51(27-19-30-69-62(66)67)71-60(81)46(31-39(3)4)36-54(75)41(6)20-18-29-68-61(64)65;1-4-5-6-7-8-9-10-11-12-13-14-15-16-17-23(31)28-25(20(2)29)22(30)18-21(19-24(32)33)26(34)27-3/h11-15,21-22,25-26,38-41,44-46,49,51-53,70H,8-10,16-20,23-24,27-37,63H2,1-7H3,(H,71,81)(H,72,79)(H,73,80)(H4,64,65,68)(H4,66,67,69);20-21,25,29H,4-19H2,1-3H3,(H,27,34)(H,28,31)(H,32,33)/t40-,41-,44+,45+,46+,49-,51-,52-,53-;20-,21+,25+/m01/s1. The zero-order chi connectivity index (χ0) is 85.8. The Balaban J connectivity index is 0.00000110. The van der Waals surface area contributed by atoms with Crippen molar-refractivity contribution in [3.8, 4) is 0 Å². The Labute approximate surface area is 684 Å². The lowest BCUT2D eigenvalue weighted by molar-refractivity contribution is -0.142. The van der Waals surface area contributed by atoms with E-state index in [2.05, 4.69) is 48.5 Å². The maximum Gasteiger partial charge on any atom is 0.304 e. The molecule has 0 bridgehead atoms. The first-order valence-electron chi connectivity index (χ1n) is 42.7. The molecule has 0 aliphatic carbocycles. The average molecular weight is 1610 g/mol. The number of ketones is 6. The fourth-order valence-electron chi connectivity index (χ4n) is 14.5. The number of aliphatic imine (C=N–C) groups is 2. The first kappa shape index (κ1) is 102. The number of carboxylic acids is 1. The number of guanidine groups is 2. The van der Waals surface area contributed by atoms with Crippen molar-refractivity contribution >= 4 is 93.0 Å². The van der Waals surface area contributed by atoms with Crippen molar-refractivity contribution in [2.75, 3.05) is 26.7 Å². The van der Waals surface area contributed by atoms with Gasteiger partial charge in [-0.2, -0.15) is 0 Å². The first-order valence-corrected chi connectivity index (χ1v) is 42.7. The number of Topliss-reactive ketones (excluding diaryl/α,β-unsaturated/α-hetero) is 6. The monoisotopic (exact) mass is 1610 g/mol. The number of benzene rings is 2. The van der Waals surface area contributed by atoms with Gasteiger partial charge in [0, 0.05) is 112 Å². The molecule has 12 atom stereocenters. The molecule has 1 aromatic heterocycles. The van der Waals surface area contributed by atoms with Gasteiger partial charge in [0.1, 0.15) is 17.6 Å². The number of para-hydroxylation sites is 1. The number of aromatic nitrogens is 1. The zero-order valence-electron chi connectivity index (χ0n) is 71.0. The molecule has 3 rings (SSSR count). The molecule has 0 aliphatic heterocycles. The second-order valence-corrected chi connectivity index (χ2v) is 32.0. The number of aromatic amines is 1. The van der Waals surface area contributed by atoms with Crippen LogP contribution in [0.4, 0.5) is 0 Å². The molecule has 0 spiro atoms. The molecule has 646 valence electrons. The number of aliphatic hydroxyl groups excluding tert-OH is 1. The third kappa shape index (κ3) is 43.2. The normalized spacial score (nSPS) is 14.4. The Bertz CT molecular complexity index is 3480. The highest BCUT2D eigenvalue weighted by Gasteiger charge is 2.37. The summed E-state index contributed by atoms with van der Waals surface area (Å²) in [6.45, 7) is 17.6. The second kappa shape index (κ2) is 59.0. The number of nitrogens with one attached hydrogen (secondary N) is 6. The fourth-order valence-corrected chi connectivity index (χ4v) is 14.5. The number of aliphatic hydroxyl groups is 1. The lowest BCUT2D eigenvalue weighted by atomic mass is 9.82. The van der Waals surface area contributed by atoms with Crippen molar-refractivity contribution in [1.82, 2.24) is 31.6 Å². The summed E-state index contributed by atoms with van der Waals surface area (Å²) in [6.07, 6.45) is 21.0. The van der Waals surface area contributed by atoms with Crippen LogP contribution in [0.2, 0.25) is 0 Å². The van der Waals surface area contributed by atoms with E-state index in [1.165, 1.54) is 78.7 Å². The van der Waals surface area contributed by atoms with E-state index in [0.29, 0.717) is 77.3 Å². The van der Waals surface area contributed by atoms with Crippen LogP contribution in [0.25, 0.3) is 10.9 Å². The van der Waals surface area contributed by atoms with E-state index >= 15 is 4.79 Å². The number of H-pyrrole nitrogens is 1. The summed E-state index contributed by atoms with van der Waals surface area (Å²) in [4.78, 5) is 173. The van der Waals surface area contributed by atoms with Gasteiger partial charge in [-0.05, 0) is 114 Å². The van der Waals surface area contributed by atoms with Crippen LogP contribution in [-0.4, -0.2) is 154 Å². The molecule has 0 saturated heterocycles. The SMILES string of the molecule is CCCCCCCCCCCCCCCC(=O)N[C@H](C(=O)C[C@@H](CC(=O)O)C(=O)NC)[C@@H](C)O.CCCC[C@H](CC(=O)[C@H](Cc1c[nH]c2ccccc12)NC(=O)[C@H](CCCCN)CC(=O)[C@H](CCCN=C(N)N)NC(=O)[C@@H](CC(=O)[C@@H](C)CCCN=C(N)N)CC(C)C)C(=O)N[C@@H](Cc1ccccc1)C(=O)C[C@H](C(C)=O)[C@@H](C)CC. The van der Waals surface area contributed by atoms with E-state index in [-0.39, 0.29) is 124 Å². The molecule has 18 N–H and O–H groups in total. The van der Waals surface area contributed by atoms with E-state index in [1.54, 1.807) is 6.20 Å². The van der Waals surface area contributed by atoms with Gasteiger partial charge in [-0.25, -0.2) is 0 Å². The van der Waals surface area contributed by atoms with Gasteiger partial charge >= 0.3 is 5.97 Å². The van der Waals surface area contributed by atoms with Gasteiger partial charge in [0.05, 0.1) is 36.6 Å². The quantitative estimate of drug-likeness (QED) is 0.0142. The molecule has 1 heterocycles. The highest BCUT2D eigenvalue weighted by molar-refractivity contribution is 5.99. The van der Waals surface area contributed by atoms with Gasteiger partial charge in [0.2, 0.25) is 29.5 Å². The molecule has 5 amide bonds. The van der Waals surface area contributed by atoms with Crippen LogP contribution in [0, 0.1) is 47.3 Å². The van der Waals surface area contributed by atoms with Crippen molar-refractivity contribution in [1.29, 1.82) is 0 Å². The average Bonchev–Trinajstić information content (AvgIpc) is 1.64. The fraction of sp³-hybridized carbons (Fsp3) is 0.682. The van der Waals surface area contributed by atoms with E-state index in [9.17, 15) is 57.8 Å². The van der Waals surface area contributed by atoms with E-state index in [0.717, 1.165) is 47.7 Å². The lowest BCUT2D eigenvalue weighted by Gasteiger charge is -2.27. The molecule has 0 aliphatic rings. The Morgan fingerprint density at radius 1 is 0.487 bits per heavy atom. The number of hydrogen-bond donors (Lipinski definition) is 13. The highest BCUT2D eigenvalue weighted by Crippen LogP contribution is 2.28. The number of hydrogen-bond acceptors (Lipinski definition) is 16. The topological polar surface area (TPSA) is 476 Å². The van der Waals surface area contributed by atoms with Crippen LogP contribution >= 0.6 is 0 Å². The summed E-state index contributed by atoms with van der Waals surface area (Å²) in [5, 5.41) is 33.7. The van der Waals surface area contributed by atoms with Gasteiger partial charge in [0.15, 0.2) is 35.1 Å². The van der Waals surface area contributed by atoms with Crippen LogP contribution in [0.3, 0.4) is 0 Å². The maximum absolute atomic E-state index is 15.0. The predicted octanol–water partition coefficient (Wildman–Crippen LogP) is 10.6. The van der Waals surface area contributed by atoms with Crippen LogP contribution < -0.4 is 55.3 Å². The smallest absolute Gasteiger partial charge is 0.304 e.